The maximum absolute atomic E-state index is 4.58. The maximum Gasteiger partial charge on any atom is 0.121 e. The fraction of sp³-hybridized carbons (Fsp3) is 0.720. The molecule has 1 radical (unpaired) electrons. The van der Waals surface area contributed by atoms with Crippen molar-refractivity contribution >= 4 is 0 Å². The molecule has 0 N–H and O–H groups in total. The van der Waals surface area contributed by atoms with Gasteiger partial charge in [0.15, 0.2) is 0 Å². The standard InChI is InChI=1S/C25H45O/c1-3-4-5-6-7-8-9-10-11-12-13-14-15-16-17-18-19-20-21-22-23-24-25-26-2/h20-25H,2-19H2,1H3. The Balaban J connectivity index is 3.10. The van der Waals surface area contributed by atoms with E-state index in [-0.39, 0.29) is 0 Å². The summed E-state index contributed by atoms with van der Waals surface area (Å²) < 4.78 is 4.58. The van der Waals surface area contributed by atoms with Crippen molar-refractivity contribution in [2.45, 2.75) is 116 Å². The minimum absolute atomic E-state index is 1.19. The van der Waals surface area contributed by atoms with E-state index in [1.165, 1.54) is 109 Å². The third kappa shape index (κ3) is 23.0. The lowest BCUT2D eigenvalue weighted by Crippen LogP contribution is -1.83. The molecular weight excluding hydrogens is 316 g/mol. The molecule has 0 atom stereocenters. The summed E-state index contributed by atoms with van der Waals surface area (Å²) in [6.07, 6.45) is 35.9. The molecule has 0 saturated carbocycles. The van der Waals surface area contributed by atoms with Crippen molar-refractivity contribution < 1.29 is 4.74 Å². The topological polar surface area (TPSA) is 9.23 Å². The van der Waals surface area contributed by atoms with Gasteiger partial charge in [-0.1, -0.05) is 128 Å². The molecule has 151 valence electrons. The summed E-state index contributed by atoms with van der Waals surface area (Å²) in [7, 11) is 3.27. The zero-order valence-corrected chi connectivity index (χ0v) is 17.6. The average Bonchev–Trinajstić information content (AvgIpc) is 2.66. The van der Waals surface area contributed by atoms with Crippen LogP contribution in [0, 0.1) is 7.11 Å². The molecule has 0 unspecified atom stereocenters. The molecule has 0 bridgehead atoms. The first kappa shape index (κ1) is 25.0. The molecule has 0 rings (SSSR count). The summed E-state index contributed by atoms with van der Waals surface area (Å²) >= 11 is 0. The van der Waals surface area contributed by atoms with Gasteiger partial charge in [0.1, 0.15) is 7.11 Å². The molecule has 0 aromatic carbocycles. The van der Waals surface area contributed by atoms with E-state index >= 15 is 0 Å². The van der Waals surface area contributed by atoms with Gasteiger partial charge in [0.2, 0.25) is 0 Å². The van der Waals surface area contributed by atoms with Gasteiger partial charge in [-0.2, -0.15) is 0 Å². The first-order valence-electron chi connectivity index (χ1n) is 11.3. The van der Waals surface area contributed by atoms with Crippen LogP contribution in [0.3, 0.4) is 0 Å². The Hall–Kier alpha value is -0.980. The third-order valence-electron chi connectivity index (χ3n) is 4.87. The molecule has 0 aromatic rings. The van der Waals surface area contributed by atoms with Crippen molar-refractivity contribution in [1.82, 2.24) is 0 Å². The molecule has 0 aromatic heterocycles. The zero-order chi connectivity index (χ0) is 19.0. The second-order valence-electron chi connectivity index (χ2n) is 7.40. The van der Waals surface area contributed by atoms with Gasteiger partial charge in [-0.3, -0.25) is 0 Å². The third-order valence-corrected chi connectivity index (χ3v) is 4.87. The fourth-order valence-corrected chi connectivity index (χ4v) is 3.21. The van der Waals surface area contributed by atoms with Gasteiger partial charge in [-0.25, -0.2) is 0 Å². The van der Waals surface area contributed by atoms with E-state index < -0.39 is 0 Å². The molecule has 0 saturated heterocycles. The van der Waals surface area contributed by atoms with Crippen molar-refractivity contribution in [2.75, 3.05) is 0 Å². The van der Waals surface area contributed by atoms with E-state index in [9.17, 15) is 0 Å². The van der Waals surface area contributed by atoms with Crippen LogP contribution in [0.2, 0.25) is 0 Å². The highest BCUT2D eigenvalue weighted by Crippen LogP contribution is 2.14. The number of hydrogen-bond donors (Lipinski definition) is 0. The van der Waals surface area contributed by atoms with Crippen molar-refractivity contribution in [3.63, 3.8) is 0 Å². The molecule has 0 fully saturated rings. The molecular formula is C25H45O. The maximum atomic E-state index is 4.58. The molecule has 1 nitrogen and oxygen atoms in total. The normalized spacial score (nSPS) is 12.1. The Morgan fingerprint density at radius 1 is 0.538 bits per heavy atom. The molecule has 0 aliphatic heterocycles. The second-order valence-corrected chi connectivity index (χ2v) is 7.40. The molecule has 1 heteroatoms. The summed E-state index contributed by atoms with van der Waals surface area (Å²) in [5.41, 5.74) is 0. The predicted octanol–water partition coefficient (Wildman–Crippen LogP) is 9.07. The van der Waals surface area contributed by atoms with Gasteiger partial charge in [0.05, 0.1) is 6.26 Å². The Bertz CT molecular complexity index is 327. The summed E-state index contributed by atoms with van der Waals surface area (Å²) in [6, 6.07) is 0. The summed E-state index contributed by atoms with van der Waals surface area (Å²) in [5.74, 6) is 0. The van der Waals surface area contributed by atoms with E-state index in [0.717, 1.165) is 0 Å². The highest BCUT2D eigenvalue weighted by Gasteiger charge is 1.94. The predicted molar refractivity (Wildman–Crippen MR) is 118 cm³/mol. The van der Waals surface area contributed by atoms with Gasteiger partial charge in [-0.15, -0.1) is 0 Å². The van der Waals surface area contributed by atoms with Crippen LogP contribution < -0.4 is 0 Å². The number of unbranched alkanes of at least 4 members (excludes halogenated alkanes) is 16. The molecule has 0 aliphatic carbocycles. The van der Waals surface area contributed by atoms with Crippen LogP contribution in [0.25, 0.3) is 0 Å². The van der Waals surface area contributed by atoms with Gasteiger partial charge in [0.25, 0.3) is 0 Å². The van der Waals surface area contributed by atoms with Gasteiger partial charge < -0.3 is 4.74 Å². The Morgan fingerprint density at radius 2 is 0.962 bits per heavy atom. The number of hydrogen-bond acceptors (Lipinski definition) is 1. The van der Waals surface area contributed by atoms with Crippen molar-refractivity contribution in [2.24, 2.45) is 0 Å². The SMILES string of the molecule is [CH2]OC=CC=CC=CCCCCCCCCCCCCCCCCCC. The van der Waals surface area contributed by atoms with E-state index in [1.54, 1.807) is 6.26 Å². The molecule has 0 amide bonds. The Kier molecular flexibility index (Phi) is 23.1. The monoisotopic (exact) mass is 361 g/mol. The summed E-state index contributed by atoms with van der Waals surface area (Å²) in [6.45, 7) is 2.29. The van der Waals surface area contributed by atoms with E-state index in [1.807, 2.05) is 18.2 Å². The van der Waals surface area contributed by atoms with Crippen LogP contribution in [-0.2, 0) is 4.74 Å². The van der Waals surface area contributed by atoms with Crippen LogP contribution in [0.4, 0.5) is 0 Å². The van der Waals surface area contributed by atoms with Gasteiger partial charge in [0, 0.05) is 0 Å². The van der Waals surface area contributed by atoms with E-state index in [2.05, 4.69) is 30.9 Å². The van der Waals surface area contributed by atoms with E-state index in [4.69, 9.17) is 0 Å². The molecule has 26 heavy (non-hydrogen) atoms. The van der Waals surface area contributed by atoms with Crippen LogP contribution in [0.1, 0.15) is 116 Å². The Labute approximate surface area is 165 Å². The minimum atomic E-state index is 1.19. The van der Waals surface area contributed by atoms with Crippen LogP contribution in [-0.4, -0.2) is 0 Å². The number of ether oxygens (including phenoxy) is 1. The zero-order valence-electron chi connectivity index (χ0n) is 17.6. The summed E-state index contributed by atoms with van der Waals surface area (Å²) in [5, 5.41) is 0. The molecule has 0 aliphatic rings. The van der Waals surface area contributed by atoms with E-state index in [0.29, 0.717) is 0 Å². The lowest BCUT2D eigenvalue weighted by atomic mass is 10.0. The van der Waals surface area contributed by atoms with Gasteiger partial charge >= 0.3 is 0 Å². The first-order chi connectivity index (χ1) is 12.9. The Morgan fingerprint density at radius 3 is 1.42 bits per heavy atom. The van der Waals surface area contributed by atoms with Gasteiger partial charge in [-0.05, 0) is 18.9 Å². The van der Waals surface area contributed by atoms with Crippen LogP contribution >= 0.6 is 0 Å². The van der Waals surface area contributed by atoms with Crippen molar-refractivity contribution in [3.05, 3.63) is 43.8 Å². The second kappa shape index (κ2) is 24.0. The van der Waals surface area contributed by atoms with Crippen molar-refractivity contribution in [1.29, 1.82) is 0 Å². The highest BCUT2D eigenvalue weighted by molar-refractivity contribution is 5.09. The average molecular weight is 362 g/mol. The quantitative estimate of drug-likeness (QED) is 0.119. The van der Waals surface area contributed by atoms with Crippen LogP contribution in [0.5, 0.6) is 0 Å². The number of allylic oxidation sites excluding steroid dienone is 5. The molecule has 0 heterocycles. The smallest absolute Gasteiger partial charge is 0.121 e. The number of rotatable bonds is 20. The fourth-order valence-electron chi connectivity index (χ4n) is 3.21. The minimum Gasteiger partial charge on any atom is -0.498 e. The lowest BCUT2D eigenvalue weighted by molar-refractivity contribution is 0.394. The van der Waals surface area contributed by atoms with Crippen LogP contribution in [0.15, 0.2) is 36.6 Å². The van der Waals surface area contributed by atoms with Crippen molar-refractivity contribution in [3.8, 4) is 0 Å². The first-order valence-corrected chi connectivity index (χ1v) is 11.3. The lowest BCUT2D eigenvalue weighted by Gasteiger charge is -2.03. The summed E-state index contributed by atoms with van der Waals surface area (Å²) in [4.78, 5) is 0. The largest absolute Gasteiger partial charge is 0.498 e. The molecule has 0 spiro atoms. The highest BCUT2D eigenvalue weighted by atomic mass is 16.5.